The van der Waals surface area contributed by atoms with Gasteiger partial charge in [-0.05, 0) is 38.1 Å². The summed E-state index contributed by atoms with van der Waals surface area (Å²) >= 11 is 0. The lowest BCUT2D eigenvalue weighted by Crippen LogP contribution is -2.22. The number of hydrogen-bond donors (Lipinski definition) is 2. The average Bonchev–Trinajstić information content (AvgIpc) is 2.66. The second-order valence-electron chi connectivity index (χ2n) is 6.26. The molecule has 2 amide bonds. The molecule has 0 aliphatic carbocycles. The van der Waals surface area contributed by atoms with Crippen LogP contribution in [0.2, 0.25) is 0 Å². The molecule has 0 heterocycles. The molecule has 0 atom stereocenters. The first-order chi connectivity index (χ1) is 13.3. The van der Waals surface area contributed by atoms with Crippen LogP contribution in [-0.2, 0) is 19.1 Å². The van der Waals surface area contributed by atoms with Gasteiger partial charge in [0, 0.05) is 23.4 Å². The first-order valence-electron chi connectivity index (χ1n) is 8.76. The lowest BCUT2D eigenvalue weighted by molar-refractivity contribution is -0.147. The fraction of sp³-hybridized carbons (Fsp3) is 0.238. The molecular formula is C21H22N2O5. The second-order valence-corrected chi connectivity index (χ2v) is 6.26. The van der Waals surface area contributed by atoms with E-state index in [1.54, 1.807) is 30.3 Å². The Morgan fingerprint density at radius 1 is 0.857 bits per heavy atom. The van der Waals surface area contributed by atoms with Crippen molar-refractivity contribution in [1.82, 2.24) is 0 Å². The molecule has 0 spiro atoms. The maximum absolute atomic E-state index is 11.9. The molecule has 0 aliphatic heterocycles. The van der Waals surface area contributed by atoms with Crippen LogP contribution < -0.4 is 10.6 Å². The highest BCUT2D eigenvalue weighted by atomic mass is 16.5. The van der Waals surface area contributed by atoms with Crippen molar-refractivity contribution in [3.63, 3.8) is 0 Å². The van der Waals surface area contributed by atoms with Crippen molar-refractivity contribution in [2.75, 3.05) is 17.2 Å². The van der Waals surface area contributed by atoms with Gasteiger partial charge in [-0.1, -0.05) is 29.8 Å². The number of Topliss-reactive ketones (excluding diaryl/α,β-unsaturated/α-hetero) is 1. The zero-order valence-electron chi connectivity index (χ0n) is 15.8. The minimum Gasteiger partial charge on any atom is -0.456 e. The molecule has 0 aromatic heterocycles. The first-order valence-corrected chi connectivity index (χ1v) is 8.76. The van der Waals surface area contributed by atoms with E-state index in [9.17, 15) is 19.2 Å². The van der Waals surface area contributed by atoms with Gasteiger partial charge in [-0.25, -0.2) is 0 Å². The Kier molecular flexibility index (Phi) is 7.45. The predicted octanol–water partition coefficient (Wildman–Crippen LogP) is 3.10. The Bertz CT molecular complexity index is 875. The van der Waals surface area contributed by atoms with E-state index in [1.807, 2.05) is 19.1 Å². The third-order valence-corrected chi connectivity index (χ3v) is 3.81. The molecule has 0 fully saturated rings. The van der Waals surface area contributed by atoms with Gasteiger partial charge in [0.2, 0.25) is 5.91 Å². The van der Waals surface area contributed by atoms with E-state index in [2.05, 4.69) is 10.6 Å². The van der Waals surface area contributed by atoms with E-state index < -0.39 is 18.5 Å². The summed E-state index contributed by atoms with van der Waals surface area (Å²) in [6.45, 7) is 2.90. The van der Waals surface area contributed by atoms with E-state index in [0.717, 1.165) is 5.56 Å². The fourth-order valence-corrected chi connectivity index (χ4v) is 2.31. The van der Waals surface area contributed by atoms with Crippen molar-refractivity contribution in [2.24, 2.45) is 0 Å². The highest BCUT2D eigenvalue weighted by molar-refractivity contribution is 5.98. The summed E-state index contributed by atoms with van der Waals surface area (Å²) in [6.07, 6.45) is -0.181. The van der Waals surface area contributed by atoms with Crippen molar-refractivity contribution in [3.05, 3.63) is 59.7 Å². The zero-order chi connectivity index (χ0) is 20.5. The quantitative estimate of drug-likeness (QED) is 0.540. The standard InChI is InChI=1S/C21H22N2O5/c1-14-6-8-17(9-7-14)22-19(25)10-11-21(27)28-13-20(26)23-18-5-3-4-16(12-18)15(2)24/h3-9,12H,10-11,13H2,1-2H3,(H,22,25)(H,23,26). The number of amides is 2. The molecule has 7 nitrogen and oxygen atoms in total. The van der Waals surface area contributed by atoms with Gasteiger partial charge in [-0.15, -0.1) is 0 Å². The van der Waals surface area contributed by atoms with Crippen LogP contribution in [-0.4, -0.2) is 30.2 Å². The van der Waals surface area contributed by atoms with Gasteiger partial charge in [-0.2, -0.15) is 0 Å². The number of esters is 1. The minimum absolute atomic E-state index is 0.0466. The summed E-state index contributed by atoms with van der Waals surface area (Å²) in [6, 6.07) is 13.7. The Hall–Kier alpha value is -3.48. The molecule has 2 aromatic carbocycles. The number of hydrogen-bond acceptors (Lipinski definition) is 5. The molecule has 2 aromatic rings. The minimum atomic E-state index is -0.647. The van der Waals surface area contributed by atoms with Crippen molar-refractivity contribution in [2.45, 2.75) is 26.7 Å². The van der Waals surface area contributed by atoms with Gasteiger partial charge in [0.15, 0.2) is 12.4 Å². The van der Waals surface area contributed by atoms with E-state index in [0.29, 0.717) is 16.9 Å². The lowest BCUT2D eigenvalue weighted by Gasteiger charge is -2.08. The van der Waals surface area contributed by atoms with Gasteiger partial charge in [0.05, 0.1) is 6.42 Å². The van der Waals surface area contributed by atoms with Gasteiger partial charge < -0.3 is 15.4 Å². The Morgan fingerprint density at radius 2 is 1.54 bits per heavy atom. The number of aryl methyl sites for hydroxylation is 1. The normalized spacial score (nSPS) is 10.1. The van der Waals surface area contributed by atoms with Crippen LogP contribution in [0, 0.1) is 6.92 Å². The number of nitrogens with one attached hydrogen (secondary N) is 2. The molecule has 0 aliphatic rings. The van der Waals surface area contributed by atoms with E-state index >= 15 is 0 Å². The number of benzene rings is 2. The van der Waals surface area contributed by atoms with Crippen molar-refractivity contribution in [1.29, 1.82) is 0 Å². The molecular weight excluding hydrogens is 360 g/mol. The summed E-state index contributed by atoms with van der Waals surface area (Å²) in [5.41, 5.74) is 2.63. The van der Waals surface area contributed by atoms with E-state index in [1.165, 1.54) is 13.0 Å². The van der Waals surface area contributed by atoms with Crippen LogP contribution in [0.4, 0.5) is 11.4 Å². The van der Waals surface area contributed by atoms with Gasteiger partial charge in [0.1, 0.15) is 0 Å². The summed E-state index contributed by atoms with van der Waals surface area (Å²) < 4.78 is 4.87. The molecule has 2 N–H and O–H groups in total. The highest BCUT2D eigenvalue weighted by Crippen LogP contribution is 2.11. The summed E-state index contributed by atoms with van der Waals surface area (Å²) in [5, 5.41) is 5.23. The number of anilines is 2. The maximum atomic E-state index is 11.9. The monoisotopic (exact) mass is 382 g/mol. The molecule has 0 unspecified atom stereocenters. The predicted molar refractivity (Wildman–Crippen MR) is 105 cm³/mol. The van der Waals surface area contributed by atoms with E-state index in [-0.39, 0.29) is 24.5 Å². The van der Waals surface area contributed by atoms with Crippen LogP contribution >= 0.6 is 0 Å². The first kappa shape index (κ1) is 20.8. The largest absolute Gasteiger partial charge is 0.456 e. The van der Waals surface area contributed by atoms with Crippen LogP contribution in [0.3, 0.4) is 0 Å². The fourth-order valence-electron chi connectivity index (χ4n) is 2.31. The van der Waals surface area contributed by atoms with Crippen molar-refractivity contribution >= 4 is 34.9 Å². The van der Waals surface area contributed by atoms with E-state index in [4.69, 9.17) is 4.74 Å². The Labute approximate surface area is 163 Å². The molecule has 0 bridgehead atoms. The summed E-state index contributed by atoms with van der Waals surface area (Å²) in [4.78, 5) is 46.8. The van der Waals surface area contributed by atoms with Crippen LogP contribution in [0.25, 0.3) is 0 Å². The smallest absolute Gasteiger partial charge is 0.306 e. The third kappa shape index (κ3) is 7.03. The molecule has 7 heteroatoms. The molecule has 2 rings (SSSR count). The molecule has 0 saturated heterocycles. The SMILES string of the molecule is CC(=O)c1cccc(NC(=O)COC(=O)CCC(=O)Nc2ccc(C)cc2)c1. The van der Waals surface area contributed by atoms with Crippen molar-refractivity contribution in [3.8, 4) is 0 Å². The number of ketones is 1. The van der Waals surface area contributed by atoms with Crippen LogP contribution in [0.5, 0.6) is 0 Å². The Balaban J connectivity index is 1.70. The average molecular weight is 382 g/mol. The lowest BCUT2D eigenvalue weighted by atomic mass is 10.1. The van der Waals surface area contributed by atoms with Crippen LogP contribution in [0.15, 0.2) is 48.5 Å². The number of carbonyl (C=O) groups excluding carboxylic acids is 4. The Morgan fingerprint density at radius 3 is 2.21 bits per heavy atom. The van der Waals surface area contributed by atoms with Crippen LogP contribution in [0.1, 0.15) is 35.7 Å². The molecule has 0 radical (unpaired) electrons. The number of rotatable bonds is 8. The third-order valence-electron chi connectivity index (χ3n) is 3.81. The number of ether oxygens (including phenoxy) is 1. The highest BCUT2D eigenvalue weighted by Gasteiger charge is 2.11. The van der Waals surface area contributed by atoms with Gasteiger partial charge >= 0.3 is 5.97 Å². The maximum Gasteiger partial charge on any atom is 0.306 e. The summed E-state index contributed by atoms with van der Waals surface area (Å²) in [5.74, 6) is -1.61. The number of carbonyl (C=O) groups is 4. The molecule has 146 valence electrons. The molecule has 0 saturated carbocycles. The summed E-state index contributed by atoms with van der Waals surface area (Å²) in [7, 11) is 0. The topological polar surface area (TPSA) is 102 Å². The second kappa shape index (κ2) is 10.0. The van der Waals surface area contributed by atoms with Crippen molar-refractivity contribution < 1.29 is 23.9 Å². The van der Waals surface area contributed by atoms with Gasteiger partial charge in [0.25, 0.3) is 5.91 Å². The molecule has 28 heavy (non-hydrogen) atoms. The van der Waals surface area contributed by atoms with Gasteiger partial charge in [-0.3, -0.25) is 19.2 Å². The zero-order valence-corrected chi connectivity index (χ0v) is 15.8.